The van der Waals surface area contributed by atoms with Gasteiger partial charge in [-0.3, -0.25) is 4.79 Å². The van der Waals surface area contributed by atoms with E-state index in [1.165, 1.54) is 5.56 Å². The molecule has 1 atom stereocenters. The van der Waals surface area contributed by atoms with Crippen LogP contribution in [0.5, 0.6) is 0 Å². The highest BCUT2D eigenvalue weighted by Gasteiger charge is 2.23. The van der Waals surface area contributed by atoms with Crippen molar-refractivity contribution in [3.63, 3.8) is 0 Å². The van der Waals surface area contributed by atoms with Crippen LogP contribution in [-0.2, 0) is 4.79 Å². The van der Waals surface area contributed by atoms with Crippen molar-refractivity contribution >= 4 is 11.7 Å². The molecule has 5 nitrogen and oxygen atoms in total. The number of rotatable bonds is 5. The number of anilines is 1. The summed E-state index contributed by atoms with van der Waals surface area (Å²) >= 11 is 0. The normalized spacial score (nSPS) is 18.5. The van der Waals surface area contributed by atoms with Crippen LogP contribution in [0.4, 0.5) is 5.82 Å². The number of likely N-dealkylation sites (tertiary alicyclic amines) is 1. The summed E-state index contributed by atoms with van der Waals surface area (Å²) in [7, 11) is 0. The van der Waals surface area contributed by atoms with Gasteiger partial charge in [0.25, 0.3) is 0 Å². The van der Waals surface area contributed by atoms with Gasteiger partial charge in [-0.25, -0.2) is 0 Å². The van der Waals surface area contributed by atoms with Crippen molar-refractivity contribution in [1.29, 1.82) is 0 Å². The summed E-state index contributed by atoms with van der Waals surface area (Å²) in [5.41, 5.74) is 1.40. The van der Waals surface area contributed by atoms with Crippen molar-refractivity contribution in [2.24, 2.45) is 0 Å². The first-order chi connectivity index (χ1) is 10.7. The molecule has 0 saturated carbocycles. The van der Waals surface area contributed by atoms with Crippen molar-refractivity contribution in [3.8, 4) is 0 Å². The summed E-state index contributed by atoms with van der Waals surface area (Å²) in [5, 5.41) is 6.53. The highest BCUT2D eigenvalue weighted by molar-refractivity contribution is 5.89. The molecule has 0 bridgehead atoms. The van der Waals surface area contributed by atoms with Crippen LogP contribution in [0.1, 0.15) is 30.1 Å². The average molecular weight is 299 g/mol. The summed E-state index contributed by atoms with van der Waals surface area (Å²) in [6.07, 6.45) is 1.64. The molecule has 0 unspecified atom stereocenters. The second-order valence-electron chi connectivity index (χ2n) is 5.82. The molecular formula is C17H21N3O2. The quantitative estimate of drug-likeness (QED) is 0.922. The Kier molecular flexibility index (Phi) is 4.53. The molecule has 1 aliphatic rings. The van der Waals surface area contributed by atoms with Crippen LogP contribution >= 0.6 is 0 Å². The zero-order valence-corrected chi connectivity index (χ0v) is 12.8. The highest BCUT2D eigenvalue weighted by Crippen LogP contribution is 2.26. The predicted molar refractivity (Wildman–Crippen MR) is 84.7 cm³/mol. The molecule has 1 aromatic carbocycles. The highest BCUT2D eigenvalue weighted by atomic mass is 16.5. The topological polar surface area (TPSA) is 58.4 Å². The minimum atomic E-state index is -0.0172. The van der Waals surface area contributed by atoms with E-state index in [2.05, 4.69) is 39.6 Å². The number of benzene rings is 1. The monoisotopic (exact) mass is 299 g/mol. The molecule has 2 heterocycles. The van der Waals surface area contributed by atoms with Crippen LogP contribution in [0, 0.1) is 6.92 Å². The van der Waals surface area contributed by atoms with Crippen LogP contribution in [0.25, 0.3) is 0 Å². The summed E-state index contributed by atoms with van der Waals surface area (Å²) in [6.45, 7) is 4.67. The molecule has 22 heavy (non-hydrogen) atoms. The molecule has 0 radical (unpaired) electrons. The molecule has 3 rings (SSSR count). The van der Waals surface area contributed by atoms with E-state index in [9.17, 15) is 4.79 Å². The summed E-state index contributed by atoms with van der Waals surface area (Å²) in [5.74, 6) is 1.76. The van der Waals surface area contributed by atoms with Crippen molar-refractivity contribution < 1.29 is 9.32 Å². The molecule has 5 heteroatoms. The van der Waals surface area contributed by atoms with Gasteiger partial charge in [0.2, 0.25) is 5.91 Å². The Balaban J connectivity index is 1.44. The van der Waals surface area contributed by atoms with Crippen molar-refractivity contribution in [3.05, 3.63) is 47.7 Å². The molecule has 0 aliphatic carbocycles. The first-order valence-corrected chi connectivity index (χ1v) is 7.71. The number of aryl methyl sites for hydroxylation is 1. The van der Waals surface area contributed by atoms with Crippen LogP contribution < -0.4 is 5.32 Å². The Labute approximate surface area is 130 Å². The third-order valence-corrected chi connectivity index (χ3v) is 4.09. The van der Waals surface area contributed by atoms with Gasteiger partial charge in [0.05, 0.1) is 0 Å². The van der Waals surface area contributed by atoms with Crippen molar-refractivity contribution in [1.82, 2.24) is 10.1 Å². The number of carbonyl (C=O) groups is 1. The van der Waals surface area contributed by atoms with Gasteiger partial charge >= 0.3 is 0 Å². The summed E-state index contributed by atoms with van der Waals surface area (Å²) in [4.78, 5) is 14.3. The van der Waals surface area contributed by atoms with Gasteiger partial charge in [-0.1, -0.05) is 35.5 Å². The number of hydrogen-bond donors (Lipinski definition) is 1. The number of nitrogens with one attached hydrogen (secondary N) is 1. The lowest BCUT2D eigenvalue weighted by molar-refractivity contribution is -0.116. The van der Waals surface area contributed by atoms with Crippen LogP contribution in [0.3, 0.4) is 0 Å². The van der Waals surface area contributed by atoms with E-state index in [-0.39, 0.29) is 5.91 Å². The van der Waals surface area contributed by atoms with E-state index in [0.29, 0.717) is 23.9 Å². The van der Waals surface area contributed by atoms with Gasteiger partial charge in [-0.05, 0) is 31.4 Å². The molecule has 1 aliphatic heterocycles. The first-order valence-electron chi connectivity index (χ1n) is 7.71. The molecule has 1 fully saturated rings. The molecule has 116 valence electrons. The Morgan fingerprint density at radius 1 is 1.41 bits per heavy atom. The fraction of sp³-hybridized carbons (Fsp3) is 0.412. The third kappa shape index (κ3) is 3.74. The molecule has 1 amide bonds. The summed E-state index contributed by atoms with van der Waals surface area (Å²) in [6, 6.07) is 12.3. The van der Waals surface area contributed by atoms with Crippen molar-refractivity contribution in [2.45, 2.75) is 25.7 Å². The van der Waals surface area contributed by atoms with Crippen LogP contribution in [-0.4, -0.2) is 35.6 Å². The van der Waals surface area contributed by atoms with E-state index in [4.69, 9.17) is 4.52 Å². The van der Waals surface area contributed by atoms with Crippen LogP contribution in [0.15, 0.2) is 40.9 Å². The third-order valence-electron chi connectivity index (χ3n) is 4.09. The first kappa shape index (κ1) is 14.8. The number of hydrogen-bond acceptors (Lipinski definition) is 4. The second-order valence-corrected chi connectivity index (χ2v) is 5.82. The van der Waals surface area contributed by atoms with Crippen molar-refractivity contribution in [2.75, 3.05) is 25.0 Å². The minimum Gasteiger partial charge on any atom is -0.360 e. The van der Waals surface area contributed by atoms with Gasteiger partial charge in [0.15, 0.2) is 5.82 Å². The molecular weight excluding hydrogens is 278 g/mol. The molecule has 1 N–H and O–H groups in total. The number of amides is 1. The zero-order chi connectivity index (χ0) is 15.4. The number of carbonyl (C=O) groups excluding carboxylic acids is 1. The molecule has 1 aromatic heterocycles. The lowest BCUT2D eigenvalue weighted by Crippen LogP contribution is -2.25. The smallest absolute Gasteiger partial charge is 0.226 e. The van der Waals surface area contributed by atoms with E-state index >= 15 is 0 Å². The maximum Gasteiger partial charge on any atom is 0.226 e. The fourth-order valence-electron chi connectivity index (χ4n) is 2.92. The largest absolute Gasteiger partial charge is 0.360 e. The average Bonchev–Trinajstić information content (AvgIpc) is 3.15. The molecule has 1 saturated heterocycles. The van der Waals surface area contributed by atoms with E-state index in [1.807, 2.05) is 6.07 Å². The van der Waals surface area contributed by atoms with E-state index in [0.717, 1.165) is 26.1 Å². The Hall–Kier alpha value is -2.14. The Morgan fingerprint density at radius 3 is 2.95 bits per heavy atom. The predicted octanol–water partition coefficient (Wildman–Crippen LogP) is 2.80. The van der Waals surface area contributed by atoms with E-state index in [1.54, 1.807) is 13.0 Å². The number of aromatic nitrogens is 1. The van der Waals surface area contributed by atoms with Gasteiger partial charge in [-0.15, -0.1) is 0 Å². The fourth-order valence-corrected chi connectivity index (χ4v) is 2.92. The standard InChI is InChI=1S/C17H21N3O2/c1-13-11-16(19-22-13)18-17(21)8-10-20-9-7-15(12-20)14-5-3-2-4-6-14/h2-6,11,15H,7-10,12H2,1H3,(H,18,19,21)/t15-/m1/s1. The Morgan fingerprint density at radius 2 is 2.23 bits per heavy atom. The van der Waals surface area contributed by atoms with Gasteiger partial charge in [0.1, 0.15) is 5.76 Å². The number of nitrogens with zero attached hydrogens (tertiary/aromatic N) is 2. The lowest BCUT2D eigenvalue weighted by Gasteiger charge is -2.15. The lowest BCUT2D eigenvalue weighted by atomic mass is 9.99. The molecule has 2 aromatic rings. The molecule has 0 spiro atoms. The zero-order valence-electron chi connectivity index (χ0n) is 12.8. The SMILES string of the molecule is Cc1cc(NC(=O)CCN2CC[C@@H](c3ccccc3)C2)no1. The summed E-state index contributed by atoms with van der Waals surface area (Å²) < 4.78 is 4.93. The minimum absolute atomic E-state index is 0.0172. The van der Waals surface area contributed by atoms with Gasteiger partial charge in [-0.2, -0.15) is 0 Å². The Bertz CT molecular complexity index is 624. The van der Waals surface area contributed by atoms with Crippen LogP contribution in [0.2, 0.25) is 0 Å². The maximum absolute atomic E-state index is 11.9. The van der Waals surface area contributed by atoms with Gasteiger partial charge in [0, 0.05) is 25.6 Å². The van der Waals surface area contributed by atoms with E-state index < -0.39 is 0 Å². The van der Waals surface area contributed by atoms with Gasteiger partial charge < -0.3 is 14.7 Å². The second kappa shape index (κ2) is 6.75. The maximum atomic E-state index is 11.9.